The number of aliphatic carboxylic acids is 1. The molecule has 0 radical (unpaired) electrons. The van der Waals surface area contributed by atoms with Crippen molar-refractivity contribution in [1.29, 1.82) is 0 Å². The monoisotopic (exact) mass is 144 g/mol. The van der Waals surface area contributed by atoms with E-state index >= 15 is 0 Å². The third-order valence-corrected chi connectivity index (χ3v) is 2.07. The zero-order valence-corrected chi connectivity index (χ0v) is 5.71. The second kappa shape index (κ2) is 2.21. The third-order valence-electron chi connectivity index (χ3n) is 2.07. The van der Waals surface area contributed by atoms with Crippen molar-refractivity contribution < 1.29 is 9.90 Å². The highest BCUT2D eigenvalue weighted by atomic mass is 16.4. The Morgan fingerprint density at radius 3 is 2.70 bits per heavy atom. The van der Waals surface area contributed by atoms with Gasteiger partial charge in [0.2, 0.25) is 0 Å². The Labute approximate surface area is 59.2 Å². The molecule has 0 spiro atoms. The number of rotatable bonds is 3. The summed E-state index contributed by atoms with van der Waals surface area (Å²) < 4.78 is 0. The Balaban J connectivity index is 2.40. The molecule has 0 aromatic rings. The van der Waals surface area contributed by atoms with E-state index in [2.05, 4.69) is 0 Å². The summed E-state index contributed by atoms with van der Waals surface area (Å²) in [6.07, 6.45) is 1.31. The number of carboxylic acids is 1. The highest BCUT2D eigenvalue weighted by Crippen LogP contribution is 2.43. The maximum atomic E-state index is 10.4. The maximum absolute atomic E-state index is 10.4. The lowest BCUT2D eigenvalue weighted by Crippen LogP contribution is -2.35. The lowest BCUT2D eigenvalue weighted by molar-refractivity contribution is -0.140. The SMILES string of the molecule is NCCC1C[C@@]1(N)C(=O)O. The van der Waals surface area contributed by atoms with Crippen molar-refractivity contribution in [3.8, 4) is 0 Å². The first-order valence-corrected chi connectivity index (χ1v) is 3.33. The van der Waals surface area contributed by atoms with E-state index in [0.29, 0.717) is 13.0 Å². The zero-order valence-electron chi connectivity index (χ0n) is 5.71. The smallest absolute Gasteiger partial charge is 0.323 e. The van der Waals surface area contributed by atoms with Crippen LogP contribution in [0.25, 0.3) is 0 Å². The largest absolute Gasteiger partial charge is 0.480 e. The predicted molar refractivity (Wildman–Crippen MR) is 36.3 cm³/mol. The minimum absolute atomic E-state index is 0.106. The standard InChI is InChI=1S/C6H12N2O2/c7-2-1-4-3-6(4,8)5(9)10/h4H,1-3,7-8H2,(H,9,10)/t4?,6-/m0/s1. The number of carbonyl (C=O) groups is 1. The van der Waals surface area contributed by atoms with Gasteiger partial charge in [-0.3, -0.25) is 4.79 Å². The summed E-state index contributed by atoms with van der Waals surface area (Å²) in [4.78, 5) is 10.4. The molecule has 0 aromatic heterocycles. The highest BCUT2D eigenvalue weighted by Gasteiger charge is 2.56. The number of hydrogen-bond acceptors (Lipinski definition) is 3. The number of hydrogen-bond donors (Lipinski definition) is 3. The molecule has 0 heterocycles. The van der Waals surface area contributed by atoms with E-state index < -0.39 is 11.5 Å². The van der Waals surface area contributed by atoms with Crippen LogP contribution in [-0.2, 0) is 4.79 Å². The highest BCUT2D eigenvalue weighted by molar-refractivity contribution is 5.82. The van der Waals surface area contributed by atoms with Gasteiger partial charge in [-0.15, -0.1) is 0 Å². The minimum atomic E-state index is -0.945. The van der Waals surface area contributed by atoms with Crippen LogP contribution in [0.3, 0.4) is 0 Å². The van der Waals surface area contributed by atoms with Gasteiger partial charge >= 0.3 is 5.97 Å². The molecule has 0 saturated heterocycles. The zero-order chi connectivity index (χ0) is 7.78. The summed E-state index contributed by atoms with van der Waals surface area (Å²) in [5.74, 6) is -0.791. The lowest BCUT2D eigenvalue weighted by atomic mass is 10.2. The predicted octanol–water partition coefficient (Wildman–Crippen LogP) is -0.863. The second-order valence-corrected chi connectivity index (χ2v) is 2.82. The molecule has 58 valence electrons. The van der Waals surface area contributed by atoms with Gasteiger partial charge in [0.25, 0.3) is 0 Å². The van der Waals surface area contributed by atoms with Crippen LogP contribution >= 0.6 is 0 Å². The van der Waals surface area contributed by atoms with E-state index in [0.717, 1.165) is 6.42 Å². The molecule has 1 aliphatic rings. The van der Waals surface area contributed by atoms with Crippen molar-refractivity contribution in [1.82, 2.24) is 0 Å². The van der Waals surface area contributed by atoms with E-state index in [1.807, 2.05) is 0 Å². The summed E-state index contributed by atoms with van der Waals surface area (Å²) >= 11 is 0. The number of carboxylic acid groups (broad SMARTS) is 1. The lowest BCUT2D eigenvalue weighted by Gasteiger charge is -2.02. The molecule has 1 fully saturated rings. The van der Waals surface area contributed by atoms with Gasteiger partial charge in [-0.2, -0.15) is 0 Å². The summed E-state index contributed by atoms with van der Waals surface area (Å²) in [7, 11) is 0. The molecule has 2 atom stereocenters. The third kappa shape index (κ3) is 0.998. The normalized spacial score (nSPS) is 37.6. The first-order chi connectivity index (χ1) is 4.61. The van der Waals surface area contributed by atoms with Crippen LogP contribution < -0.4 is 11.5 Å². The molecule has 1 rings (SSSR count). The molecule has 10 heavy (non-hydrogen) atoms. The van der Waals surface area contributed by atoms with Gasteiger partial charge in [-0.1, -0.05) is 0 Å². The molecular weight excluding hydrogens is 132 g/mol. The molecule has 4 heteroatoms. The number of nitrogens with two attached hydrogens (primary N) is 2. The Morgan fingerprint density at radius 2 is 2.40 bits per heavy atom. The van der Waals surface area contributed by atoms with Gasteiger partial charge in [-0.05, 0) is 25.3 Å². The van der Waals surface area contributed by atoms with Crippen molar-refractivity contribution in [2.45, 2.75) is 18.4 Å². The fourth-order valence-electron chi connectivity index (χ4n) is 1.17. The van der Waals surface area contributed by atoms with Gasteiger partial charge in [0.15, 0.2) is 0 Å². The Morgan fingerprint density at radius 1 is 1.80 bits per heavy atom. The molecule has 0 aliphatic heterocycles. The Bertz CT molecular complexity index is 160. The van der Waals surface area contributed by atoms with Gasteiger partial charge in [0.05, 0.1) is 0 Å². The molecule has 1 saturated carbocycles. The molecule has 5 N–H and O–H groups in total. The molecule has 1 aliphatic carbocycles. The molecular formula is C6H12N2O2. The van der Waals surface area contributed by atoms with Crippen molar-refractivity contribution in [3.63, 3.8) is 0 Å². The van der Waals surface area contributed by atoms with Crippen LogP contribution in [0.2, 0.25) is 0 Å². The topological polar surface area (TPSA) is 89.3 Å². The fraction of sp³-hybridized carbons (Fsp3) is 0.833. The molecule has 0 aromatic carbocycles. The Hall–Kier alpha value is -0.610. The first kappa shape index (κ1) is 7.50. The van der Waals surface area contributed by atoms with Crippen molar-refractivity contribution in [3.05, 3.63) is 0 Å². The van der Waals surface area contributed by atoms with Gasteiger partial charge in [-0.25, -0.2) is 0 Å². The van der Waals surface area contributed by atoms with E-state index in [1.54, 1.807) is 0 Å². The fourth-order valence-corrected chi connectivity index (χ4v) is 1.17. The average molecular weight is 144 g/mol. The van der Waals surface area contributed by atoms with Gasteiger partial charge in [0, 0.05) is 0 Å². The van der Waals surface area contributed by atoms with Gasteiger partial charge < -0.3 is 16.6 Å². The van der Waals surface area contributed by atoms with Crippen LogP contribution in [0.15, 0.2) is 0 Å². The van der Waals surface area contributed by atoms with Crippen LogP contribution in [0.5, 0.6) is 0 Å². The quantitative estimate of drug-likeness (QED) is 0.480. The van der Waals surface area contributed by atoms with Crippen molar-refractivity contribution in [2.75, 3.05) is 6.54 Å². The van der Waals surface area contributed by atoms with E-state index in [-0.39, 0.29) is 5.92 Å². The van der Waals surface area contributed by atoms with E-state index in [4.69, 9.17) is 16.6 Å². The minimum Gasteiger partial charge on any atom is -0.480 e. The van der Waals surface area contributed by atoms with E-state index in [9.17, 15) is 4.79 Å². The first-order valence-electron chi connectivity index (χ1n) is 3.33. The van der Waals surface area contributed by atoms with Gasteiger partial charge in [0.1, 0.15) is 5.54 Å². The second-order valence-electron chi connectivity index (χ2n) is 2.82. The molecule has 0 amide bonds. The van der Waals surface area contributed by atoms with Crippen LogP contribution in [-0.4, -0.2) is 23.2 Å². The van der Waals surface area contributed by atoms with Crippen LogP contribution in [0.4, 0.5) is 0 Å². The summed E-state index contributed by atoms with van der Waals surface area (Å²) in [5.41, 5.74) is 9.76. The van der Waals surface area contributed by atoms with Crippen LogP contribution in [0.1, 0.15) is 12.8 Å². The molecule has 4 nitrogen and oxygen atoms in total. The van der Waals surface area contributed by atoms with E-state index in [1.165, 1.54) is 0 Å². The maximum Gasteiger partial charge on any atom is 0.323 e. The molecule has 0 bridgehead atoms. The Kier molecular flexibility index (Phi) is 1.66. The summed E-state index contributed by atoms with van der Waals surface area (Å²) in [5, 5.41) is 8.54. The van der Waals surface area contributed by atoms with Crippen molar-refractivity contribution in [2.24, 2.45) is 17.4 Å². The van der Waals surface area contributed by atoms with Crippen LogP contribution in [0, 0.1) is 5.92 Å². The molecule has 1 unspecified atom stereocenters. The summed E-state index contributed by atoms with van der Waals surface area (Å²) in [6.45, 7) is 0.525. The average Bonchev–Trinajstić information content (AvgIpc) is 2.45. The summed E-state index contributed by atoms with van der Waals surface area (Å²) in [6, 6.07) is 0. The van der Waals surface area contributed by atoms with Crippen molar-refractivity contribution >= 4 is 5.97 Å².